The fourth-order valence-electron chi connectivity index (χ4n) is 3.73. The third kappa shape index (κ3) is 3.90. The van der Waals surface area contributed by atoms with Crippen molar-refractivity contribution in [3.8, 4) is 0 Å². The van der Waals surface area contributed by atoms with Crippen molar-refractivity contribution in [3.63, 3.8) is 0 Å². The molecule has 0 spiro atoms. The van der Waals surface area contributed by atoms with E-state index in [-0.39, 0.29) is 17.3 Å². The SMILES string of the molecule is CN(C)c1cnnc(NCCNS(=O)(=O)c2cc3c4c(c2)CCN4C(=O)CC3)c1. The third-order valence-electron chi connectivity index (χ3n) is 5.22. The number of carbonyl (C=O) groups is 1. The number of aromatic nitrogens is 2. The zero-order valence-electron chi connectivity index (χ0n) is 16.5. The molecular weight excluding hydrogens is 392 g/mol. The predicted molar refractivity (Wildman–Crippen MR) is 111 cm³/mol. The van der Waals surface area contributed by atoms with Gasteiger partial charge in [0.05, 0.1) is 22.5 Å². The summed E-state index contributed by atoms with van der Waals surface area (Å²) >= 11 is 0. The Morgan fingerprint density at radius 3 is 2.62 bits per heavy atom. The molecule has 0 bridgehead atoms. The van der Waals surface area contributed by atoms with Gasteiger partial charge in [-0.1, -0.05) is 0 Å². The number of aryl methyl sites for hydroxylation is 1. The van der Waals surface area contributed by atoms with Crippen molar-refractivity contribution in [3.05, 3.63) is 35.5 Å². The lowest BCUT2D eigenvalue weighted by atomic mass is 10.00. The molecule has 0 atom stereocenters. The molecule has 0 fully saturated rings. The summed E-state index contributed by atoms with van der Waals surface area (Å²) in [6, 6.07) is 5.24. The van der Waals surface area contributed by atoms with Gasteiger partial charge in [-0.2, -0.15) is 5.10 Å². The first-order valence-corrected chi connectivity index (χ1v) is 11.0. The number of benzene rings is 1. The lowest BCUT2D eigenvalue weighted by Crippen LogP contribution is -2.33. The Bertz CT molecular complexity index is 1050. The predicted octanol–water partition coefficient (Wildman–Crippen LogP) is 0.768. The summed E-state index contributed by atoms with van der Waals surface area (Å²) in [5, 5.41) is 11.0. The van der Waals surface area contributed by atoms with Crippen molar-refractivity contribution >= 4 is 33.1 Å². The van der Waals surface area contributed by atoms with Gasteiger partial charge in [0.2, 0.25) is 15.9 Å². The van der Waals surface area contributed by atoms with Gasteiger partial charge in [-0.25, -0.2) is 13.1 Å². The molecule has 1 amide bonds. The van der Waals surface area contributed by atoms with Crippen LogP contribution in [0.4, 0.5) is 17.2 Å². The van der Waals surface area contributed by atoms with E-state index in [0.717, 1.165) is 22.5 Å². The quantitative estimate of drug-likeness (QED) is 0.642. The molecule has 1 aromatic heterocycles. The molecule has 10 heteroatoms. The first-order chi connectivity index (χ1) is 13.8. The summed E-state index contributed by atoms with van der Waals surface area (Å²) in [5.74, 6) is 0.708. The van der Waals surface area contributed by atoms with Crippen LogP contribution in [-0.2, 0) is 27.7 Å². The molecule has 2 aliphatic rings. The fourth-order valence-corrected chi connectivity index (χ4v) is 4.86. The molecule has 0 saturated carbocycles. The minimum absolute atomic E-state index is 0.123. The molecule has 2 aliphatic heterocycles. The second-order valence-corrected chi connectivity index (χ2v) is 9.17. The third-order valence-corrected chi connectivity index (χ3v) is 6.66. The molecule has 0 radical (unpaired) electrons. The highest BCUT2D eigenvalue weighted by atomic mass is 32.2. The fraction of sp³-hybridized carbons (Fsp3) is 0.421. The van der Waals surface area contributed by atoms with Gasteiger partial charge in [-0.05, 0) is 36.1 Å². The summed E-state index contributed by atoms with van der Waals surface area (Å²) in [5.41, 5.74) is 3.70. The van der Waals surface area contributed by atoms with Crippen LogP contribution in [0.1, 0.15) is 17.5 Å². The number of nitrogens with one attached hydrogen (secondary N) is 2. The van der Waals surface area contributed by atoms with Gasteiger partial charge in [0, 0.05) is 46.2 Å². The molecule has 0 aliphatic carbocycles. The molecular formula is C19H24N6O3S. The van der Waals surface area contributed by atoms with Crippen LogP contribution < -0.4 is 19.8 Å². The minimum atomic E-state index is -3.64. The smallest absolute Gasteiger partial charge is 0.240 e. The molecule has 3 heterocycles. The average Bonchev–Trinajstić information content (AvgIpc) is 3.14. The zero-order chi connectivity index (χ0) is 20.6. The summed E-state index contributed by atoms with van der Waals surface area (Å²) in [7, 11) is 0.186. The first-order valence-electron chi connectivity index (χ1n) is 9.55. The van der Waals surface area contributed by atoms with Crippen LogP contribution in [0.2, 0.25) is 0 Å². The largest absolute Gasteiger partial charge is 0.376 e. The Morgan fingerprint density at radius 1 is 1.10 bits per heavy atom. The van der Waals surface area contributed by atoms with Crippen molar-refractivity contribution in [1.82, 2.24) is 14.9 Å². The number of hydrogen-bond acceptors (Lipinski definition) is 7. The normalized spacial score (nSPS) is 15.4. The van der Waals surface area contributed by atoms with E-state index in [9.17, 15) is 13.2 Å². The van der Waals surface area contributed by atoms with Gasteiger partial charge >= 0.3 is 0 Å². The number of carbonyl (C=O) groups excluding carboxylic acids is 1. The van der Waals surface area contributed by atoms with Crippen LogP contribution in [0.3, 0.4) is 0 Å². The molecule has 2 aromatic rings. The topological polar surface area (TPSA) is 108 Å². The molecule has 4 rings (SSSR count). The summed E-state index contributed by atoms with van der Waals surface area (Å²) < 4.78 is 28.2. The van der Waals surface area contributed by atoms with Crippen LogP contribution in [-0.4, -0.2) is 58.3 Å². The van der Waals surface area contributed by atoms with E-state index in [1.807, 2.05) is 25.1 Å². The molecule has 154 valence electrons. The number of sulfonamides is 1. The van der Waals surface area contributed by atoms with Crippen molar-refractivity contribution in [2.75, 3.05) is 48.8 Å². The van der Waals surface area contributed by atoms with E-state index in [4.69, 9.17) is 0 Å². The number of hydrogen-bond donors (Lipinski definition) is 2. The Hall–Kier alpha value is -2.72. The van der Waals surface area contributed by atoms with E-state index in [2.05, 4.69) is 20.2 Å². The Kier molecular flexibility index (Phi) is 5.13. The summed E-state index contributed by atoms with van der Waals surface area (Å²) in [4.78, 5) is 16.0. The van der Waals surface area contributed by atoms with Crippen molar-refractivity contribution in [1.29, 1.82) is 0 Å². The average molecular weight is 417 g/mol. The number of rotatable bonds is 7. The number of amides is 1. The van der Waals surface area contributed by atoms with Gasteiger partial charge in [0.15, 0.2) is 5.82 Å². The van der Waals surface area contributed by atoms with Crippen LogP contribution >= 0.6 is 0 Å². The van der Waals surface area contributed by atoms with Gasteiger partial charge in [-0.3, -0.25) is 4.79 Å². The highest BCUT2D eigenvalue weighted by Crippen LogP contribution is 2.38. The van der Waals surface area contributed by atoms with Gasteiger partial charge in [-0.15, -0.1) is 5.10 Å². The van der Waals surface area contributed by atoms with E-state index < -0.39 is 10.0 Å². The first kappa shape index (κ1) is 19.6. The zero-order valence-corrected chi connectivity index (χ0v) is 17.3. The second kappa shape index (κ2) is 7.60. The lowest BCUT2D eigenvalue weighted by Gasteiger charge is -2.25. The van der Waals surface area contributed by atoms with Gasteiger partial charge in [0.1, 0.15) is 0 Å². The van der Waals surface area contributed by atoms with Crippen molar-refractivity contribution in [2.24, 2.45) is 0 Å². The summed E-state index contributed by atoms with van der Waals surface area (Å²) in [6.07, 6.45) is 3.37. The molecule has 0 unspecified atom stereocenters. The molecule has 2 N–H and O–H groups in total. The lowest BCUT2D eigenvalue weighted by molar-refractivity contribution is -0.118. The van der Waals surface area contributed by atoms with E-state index in [1.165, 1.54) is 0 Å². The molecule has 0 saturated heterocycles. The Labute approximate surface area is 170 Å². The highest BCUT2D eigenvalue weighted by molar-refractivity contribution is 7.89. The van der Waals surface area contributed by atoms with Crippen molar-refractivity contribution in [2.45, 2.75) is 24.2 Å². The standard InChI is InChI=1S/C19H24N6O3S/c1-24(2)15-11-17(23-21-12-15)20-6-7-22-29(27,28)16-9-13-3-4-18(26)25-8-5-14(10-16)19(13)25/h9-12,22H,3-8H2,1-2H3,(H,20,23). The van der Waals surface area contributed by atoms with Crippen LogP contribution in [0.15, 0.2) is 29.3 Å². The van der Waals surface area contributed by atoms with E-state index in [1.54, 1.807) is 23.2 Å². The maximum atomic E-state index is 12.8. The molecule has 9 nitrogen and oxygen atoms in total. The van der Waals surface area contributed by atoms with E-state index in [0.29, 0.717) is 38.2 Å². The van der Waals surface area contributed by atoms with Gasteiger partial charge < -0.3 is 15.1 Å². The Balaban J connectivity index is 1.41. The van der Waals surface area contributed by atoms with Gasteiger partial charge in [0.25, 0.3) is 0 Å². The molecule has 1 aromatic carbocycles. The maximum absolute atomic E-state index is 12.8. The summed E-state index contributed by atoms with van der Waals surface area (Å²) in [6.45, 7) is 1.23. The molecule has 29 heavy (non-hydrogen) atoms. The van der Waals surface area contributed by atoms with Crippen molar-refractivity contribution < 1.29 is 13.2 Å². The maximum Gasteiger partial charge on any atom is 0.240 e. The number of nitrogens with zero attached hydrogens (tertiary/aromatic N) is 4. The van der Waals surface area contributed by atoms with Crippen LogP contribution in [0.25, 0.3) is 0 Å². The number of anilines is 3. The second-order valence-electron chi connectivity index (χ2n) is 7.40. The Morgan fingerprint density at radius 2 is 1.86 bits per heavy atom. The van der Waals surface area contributed by atoms with Crippen LogP contribution in [0, 0.1) is 0 Å². The van der Waals surface area contributed by atoms with Crippen LogP contribution in [0.5, 0.6) is 0 Å². The highest BCUT2D eigenvalue weighted by Gasteiger charge is 2.32. The monoisotopic (exact) mass is 416 g/mol. The van der Waals surface area contributed by atoms with E-state index >= 15 is 0 Å². The minimum Gasteiger partial charge on any atom is -0.376 e.